The van der Waals surface area contributed by atoms with Gasteiger partial charge in [0, 0.05) is 16.9 Å². The molecule has 1 unspecified atom stereocenters. The number of rotatable bonds is 1. The number of anilines is 1. The summed E-state index contributed by atoms with van der Waals surface area (Å²) in [6, 6.07) is 5.92. The third kappa shape index (κ3) is 1.54. The van der Waals surface area contributed by atoms with Crippen molar-refractivity contribution in [2.45, 2.75) is 25.4 Å². The first-order valence-electron chi connectivity index (χ1n) is 4.71. The second-order valence-electron chi connectivity index (χ2n) is 4.20. The number of hydrogen-bond acceptors (Lipinski definition) is 1. The Morgan fingerprint density at radius 1 is 1.50 bits per heavy atom. The fourth-order valence-electron chi connectivity index (χ4n) is 1.94. The zero-order valence-electron chi connectivity index (χ0n) is 8.27. The number of para-hydroxylation sites is 1. The lowest BCUT2D eigenvalue weighted by molar-refractivity contribution is 0.180. The summed E-state index contributed by atoms with van der Waals surface area (Å²) in [4.78, 5) is 0. The maximum Gasteiger partial charge on any atom is 0.114 e. The summed E-state index contributed by atoms with van der Waals surface area (Å²) in [6.07, 6.45) is 0. The third-order valence-electron chi connectivity index (χ3n) is 2.73. The summed E-state index contributed by atoms with van der Waals surface area (Å²) < 4.78 is 14.9. The van der Waals surface area contributed by atoms with E-state index in [2.05, 4.69) is 21.2 Å². The van der Waals surface area contributed by atoms with E-state index in [4.69, 9.17) is 0 Å². The standard InChI is InChI=1S/C11H13BrFN/c1-11(2,13)8-6-14-10-7(8)4-3-5-9(10)12/h3-5,8,14H,6H2,1-2H3. The van der Waals surface area contributed by atoms with E-state index in [9.17, 15) is 4.39 Å². The molecule has 14 heavy (non-hydrogen) atoms. The minimum atomic E-state index is -1.17. The lowest BCUT2D eigenvalue weighted by atomic mass is 9.88. The molecule has 0 fully saturated rings. The summed E-state index contributed by atoms with van der Waals surface area (Å²) in [7, 11) is 0. The summed E-state index contributed by atoms with van der Waals surface area (Å²) in [5.41, 5.74) is 0.953. The zero-order valence-corrected chi connectivity index (χ0v) is 9.86. The van der Waals surface area contributed by atoms with Gasteiger partial charge in [-0.25, -0.2) is 4.39 Å². The third-order valence-corrected chi connectivity index (χ3v) is 3.39. The predicted molar refractivity (Wildman–Crippen MR) is 60.6 cm³/mol. The molecule has 1 aliphatic heterocycles. The molecule has 0 aromatic heterocycles. The normalized spacial score (nSPS) is 20.4. The van der Waals surface area contributed by atoms with Crippen molar-refractivity contribution in [2.24, 2.45) is 0 Å². The van der Waals surface area contributed by atoms with Crippen LogP contribution in [0.2, 0.25) is 0 Å². The molecule has 1 aromatic rings. The molecule has 2 rings (SSSR count). The van der Waals surface area contributed by atoms with E-state index in [-0.39, 0.29) is 5.92 Å². The minimum Gasteiger partial charge on any atom is -0.383 e. The topological polar surface area (TPSA) is 12.0 Å². The van der Waals surface area contributed by atoms with Crippen LogP contribution in [-0.4, -0.2) is 12.2 Å². The maximum absolute atomic E-state index is 13.8. The molecular weight excluding hydrogens is 245 g/mol. The van der Waals surface area contributed by atoms with Crippen LogP contribution in [0.25, 0.3) is 0 Å². The molecule has 76 valence electrons. The molecule has 1 N–H and O–H groups in total. The highest BCUT2D eigenvalue weighted by molar-refractivity contribution is 9.10. The van der Waals surface area contributed by atoms with Crippen molar-refractivity contribution in [3.8, 4) is 0 Å². The van der Waals surface area contributed by atoms with Crippen LogP contribution in [0.4, 0.5) is 10.1 Å². The van der Waals surface area contributed by atoms with Gasteiger partial charge in [0.25, 0.3) is 0 Å². The maximum atomic E-state index is 13.8. The van der Waals surface area contributed by atoms with Gasteiger partial charge < -0.3 is 5.32 Å². The number of benzene rings is 1. The number of nitrogens with one attached hydrogen (secondary N) is 1. The predicted octanol–water partition coefficient (Wildman–Crippen LogP) is 3.71. The first kappa shape index (κ1) is 9.97. The van der Waals surface area contributed by atoms with E-state index in [1.807, 2.05) is 18.2 Å². The van der Waals surface area contributed by atoms with Crippen LogP contribution in [0.5, 0.6) is 0 Å². The van der Waals surface area contributed by atoms with Crippen molar-refractivity contribution in [1.82, 2.24) is 0 Å². The van der Waals surface area contributed by atoms with E-state index >= 15 is 0 Å². The molecule has 0 bridgehead atoms. The van der Waals surface area contributed by atoms with Crippen LogP contribution < -0.4 is 5.32 Å². The van der Waals surface area contributed by atoms with Gasteiger partial charge in [0.05, 0.1) is 5.69 Å². The summed E-state index contributed by atoms with van der Waals surface area (Å²) in [5.74, 6) is -0.0463. The highest BCUT2D eigenvalue weighted by Gasteiger charge is 2.36. The van der Waals surface area contributed by atoms with Gasteiger partial charge in [-0.3, -0.25) is 0 Å². The van der Waals surface area contributed by atoms with E-state index in [0.29, 0.717) is 6.54 Å². The van der Waals surface area contributed by atoms with Gasteiger partial charge in [-0.2, -0.15) is 0 Å². The van der Waals surface area contributed by atoms with Gasteiger partial charge in [0.2, 0.25) is 0 Å². The first-order chi connectivity index (χ1) is 6.50. The van der Waals surface area contributed by atoms with Gasteiger partial charge in [0.1, 0.15) is 5.67 Å². The lowest BCUT2D eigenvalue weighted by Gasteiger charge is -2.22. The zero-order chi connectivity index (χ0) is 10.3. The quantitative estimate of drug-likeness (QED) is 0.809. The number of fused-ring (bicyclic) bond motifs is 1. The molecule has 1 atom stereocenters. The Bertz CT molecular complexity index is 357. The van der Waals surface area contributed by atoms with E-state index in [1.165, 1.54) is 0 Å². The molecule has 0 saturated heterocycles. The second-order valence-corrected chi connectivity index (χ2v) is 5.06. The van der Waals surface area contributed by atoms with Crippen LogP contribution in [0.15, 0.2) is 22.7 Å². The second kappa shape index (κ2) is 3.23. The van der Waals surface area contributed by atoms with Gasteiger partial charge >= 0.3 is 0 Å². The Morgan fingerprint density at radius 2 is 2.21 bits per heavy atom. The molecule has 0 saturated carbocycles. The fraction of sp³-hybridized carbons (Fsp3) is 0.455. The summed E-state index contributed by atoms with van der Waals surface area (Å²) in [5, 5.41) is 3.24. The van der Waals surface area contributed by atoms with Crippen molar-refractivity contribution < 1.29 is 4.39 Å². The molecular formula is C11H13BrFN. The fourth-order valence-corrected chi connectivity index (χ4v) is 2.47. The van der Waals surface area contributed by atoms with Crippen molar-refractivity contribution in [3.05, 3.63) is 28.2 Å². The van der Waals surface area contributed by atoms with Crippen LogP contribution in [-0.2, 0) is 0 Å². The molecule has 0 spiro atoms. The molecule has 1 nitrogen and oxygen atoms in total. The van der Waals surface area contributed by atoms with Crippen molar-refractivity contribution >= 4 is 21.6 Å². The highest BCUT2D eigenvalue weighted by Crippen LogP contribution is 2.43. The van der Waals surface area contributed by atoms with Gasteiger partial charge in [-0.15, -0.1) is 0 Å². The molecule has 3 heteroatoms. The minimum absolute atomic E-state index is 0.0463. The summed E-state index contributed by atoms with van der Waals surface area (Å²) >= 11 is 3.46. The number of alkyl halides is 1. The Kier molecular flexibility index (Phi) is 2.30. The van der Waals surface area contributed by atoms with Crippen molar-refractivity contribution in [2.75, 3.05) is 11.9 Å². The molecule has 1 aromatic carbocycles. The van der Waals surface area contributed by atoms with Crippen molar-refractivity contribution in [3.63, 3.8) is 0 Å². The Balaban J connectivity index is 2.45. The van der Waals surface area contributed by atoms with Gasteiger partial charge in [0.15, 0.2) is 0 Å². The monoisotopic (exact) mass is 257 g/mol. The molecule has 0 amide bonds. The first-order valence-corrected chi connectivity index (χ1v) is 5.50. The van der Waals surface area contributed by atoms with Crippen LogP contribution >= 0.6 is 15.9 Å². The SMILES string of the molecule is CC(C)(F)C1CNc2c(Br)cccc21. The van der Waals surface area contributed by atoms with Gasteiger partial charge in [-0.05, 0) is 41.4 Å². The highest BCUT2D eigenvalue weighted by atomic mass is 79.9. The average molecular weight is 258 g/mol. The molecule has 1 heterocycles. The van der Waals surface area contributed by atoms with Crippen molar-refractivity contribution in [1.29, 1.82) is 0 Å². The van der Waals surface area contributed by atoms with E-state index in [1.54, 1.807) is 13.8 Å². The summed E-state index contributed by atoms with van der Waals surface area (Å²) in [6.45, 7) is 3.95. The van der Waals surface area contributed by atoms with E-state index < -0.39 is 5.67 Å². The molecule has 0 aliphatic carbocycles. The molecule has 0 radical (unpaired) electrons. The largest absolute Gasteiger partial charge is 0.383 e. The van der Waals surface area contributed by atoms with Gasteiger partial charge in [-0.1, -0.05) is 12.1 Å². The van der Waals surface area contributed by atoms with E-state index in [0.717, 1.165) is 15.7 Å². The molecule has 1 aliphatic rings. The lowest BCUT2D eigenvalue weighted by Crippen LogP contribution is -2.25. The number of hydrogen-bond donors (Lipinski definition) is 1. The Morgan fingerprint density at radius 3 is 2.86 bits per heavy atom. The Labute approximate surface area is 91.8 Å². The smallest absolute Gasteiger partial charge is 0.114 e. The average Bonchev–Trinajstić information content (AvgIpc) is 2.47. The van der Waals surface area contributed by atoms with Crippen LogP contribution in [0, 0.1) is 0 Å². The number of halogens is 2. The Hall–Kier alpha value is -0.570. The van der Waals surface area contributed by atoms with Crippen LogP contribution in [0.1, 0.15) is 25.3 Å². The van der Waals surface area contributed by atoms with Crippen LogP contribution in [0.3, 0.4) is 0 Å².